The van der Waals surface area contributed by atoms with E-state index in [4.69, 9.17) is 14.2 Å². The Morgan fingerprint density at radius 3 is 2.19 bits per heavy atom. The minimum absolute atomic E-state index is 0.277. The molecule has 6 heteroatoms. The van der Waals surface area contributed by atoms with E-state index in [9.17, 15) is 9.59 Å². The third kappa shape index (κ3) is 4.66. The van der Waals surface area contributed by atoms with E-state index in [0.29, 0.717) is 17.2 Å². The second-order valence-corrected chi connectivity index (χ2v) is 4.79. The van der Waals surface area contributed by atoms with Crippen molar-refractivity contribution in [1.29, 1.82) is 0 Å². The summed E-state index contributed by atoms with van der Waals surface area (Å²) in [5, 5.41) is 2.66. The predicted molar refractivity (Wildman–Crippen MR) is 78.6 cm³/mol. The standard InChI is InChI=1S/C15H21NO5/c1-9(2)15(18)21-10(3)14(17)16-11-6-7-12(19-4)13(8-11)20-5/h6-10H,1-5H3,(H,16,17)/t10-/m1/s1. The maximum atomic E-state index is 12.0. The molecule has 1 aromatic rings. The van der Waals surface area contributed by atoms with Gasteiger partial charge in [0.1, 0.15) is 0 Å². The average molecular weight is 295 g/mol. The van der Waals surface area contributed by atoms with Crippen molar-refractivity contribution in [2.24, 2.45) is 5.92 Å². The molecule has 0 heterocycles. The molecule has 21 heavy (non-hydrogen) atoms. The number of rotatable bonds is 6. The number of amides is 1. The summed E-state index contributed by atoms with van der Waals surface area (Å²) >= 11 is 0. The van der Waals surface area contributed by atoms with Gasteiger partial charge in [0.2, 0.25) is 0 Å². The predicted octanol–water partition coefficient (Wildman–Crippen LogP) is 2.23. The highest BCUT2D eigenvalue weighted by atomic mass is 16.5. The van der Waals surface area contributed by atoms with Crippen LogP contribution in [0, 0.1) is 5.92 Å². The lowest BCUT2D eigenvalue weighted by Crippen LogP contribution is -2.31. The van der Waals surface area contributed by atoms with Crippen LogP contribution < -0.4 is 14.8 Å². The SMILES string of the molecule is COc1ccc(NC(=O)[C@@H](C)OC(=O)C(C)C)cc1OC. The molecule has 0 unspecified atom stereocenters. The van der Waals surface area contributed by atoms with Gasteiger partial charge >= 0.3 is 5.97 Å². The van der Waals surface area contributed by atoms with Gasteiger partial charge in [-0.1, -0.05) is 13.8 Å². The molecule has 0 fully saturated rings. The number of hydrogen-bond donors (Lipinski definition) is 1. The van der Waals surface area contributed by atoms with E-state index in [0.717, 1.165) is 0 Å². The highest BCUT2D eigenvalue weighted by Gasteiger charge is 2.20. The Balaban J connectivity index is 2.72. The lowest BCUT2D eigenvalue weighted by atomic mass is 10.2. The van der Waals surface area contributed by atoms with E-state index < -0.39 is 18.0 Å². The summed E-state index contributed by atoms with van der Waals surface area (Å²) in [6.45, 7) is 4.94. The maximum absolute atomic E-state index is 12.0. The van der Waals surface area contributed by atoms with E-state index in [1.165, 1.54) is 21.1 Å². The first-order valence-corrected chi connectivity index (χ1v) is 6.62. The number of methoxy groups -OCH3 is 2. The van der Waals surface area contributed by atoms with Crippen LogP contribution in [0.1, 0.15) is 20.8 Å². The van der Waals surface area contributed by atoms with Gasteiger partial charge in [-0.15, -0.1) is 0 Å². The molecule has 1 amide bonds. The number of carbonyl (C=O) groups is 2. The van der Waals surface area contributed by atoms with Crippen molar-refractivity contribution in [1.82, 2.24) is 0 Å². The molecule has 0 spiro atoms. The Morgan fingerprint density at radius 1 is 1.05 bits per heavy atom. The minimum atomic E-state index is -0.868. The summed E-state index contributed by atoms with van der Waals surface area (Å²) < 4.78 is 15.3. The van der Waals surface area contributed by atoms with Crippen LogP contribution in [0.3, 0.4) is 0 Å². The molecule has 0 aromatic heterocycles. The van der Waals surface area contributed by atoms with Crippen molar-refractivity contribution in [3.63, 3.8) is 0 Å². The van der Waals surface area contributed by atoms with Gasteiger partial charge in [-0.05, 0) is 19.1 Å². The summed E-state index contributed by atoms with van der Waals surface area (Å²) in [6.07, 6.45) is -0.868. The Kier molecular flexibility index (Phi) is 6.02. The number of anilines is 1. The topological polar surface area (TPSA) is 73.9 Å². The summed E-state index contributed by atoms with van der Waals surface area (Å²) in [7, 11) is 3.04. The van der Waals surface area contributed by atoms with Crippen molar-refractivity contribution < 1.29 is 23.8 Å². The fraction of sp³-hybridized carbons (Fsp3) is 0.467. The van der Waals surface area contributed by atoms with Crippen molar-refractivity contribution >= 4 is 17.6 Å². The van der Waals surface area contributed by atoms with Crippen LogP contribution in [0.4, 0.5) is 5.69 Å². The third-order valence-electron chi connectivity index (χ3n) is 2.78. The number of hydrogen-bond acceptors (Lipinski definition) is 5. The van der Waals surface area contributed by atoms with E-state index in [2.05, 4.69) is 5.32 Å². The smallest absolute Gasteiger partial charge is 0.309 e. The Labute approximate surface area is 124 Å². The molecule has 0 saturated heterocycles. The summed E-state index contributed by atoms with van der Waals surface area (Å²) in [5.41, 5.74) is 0.532. The quantitative estimate of drug-likeness (QED) is 0.815. The van der Waals surface area contributed by atoms with Crippen LogP contribution in [0.5, 0.6) is 11.5 Å². The molecular formula is C15H21NO5. The highest BCUT2D eigenvalue weighted by Crippen LogP contribution is 2.29. The van der Waals surface area contributed by atoms with E-state index >= 15 is 0 Å². The van der Waals surface area contributed by atoms with Gasteiger partial charge in [-0.3, -0.25) is 9.59 Å². The molecule has 0 aliphatic carbocycles. The Morgan fingerprint density at radius 2 is 1.67 bits per heavy atom. The Bertz CT molecular complexity index is 513. The largest absolute Gasteiger partial charge is 0.493 e. The average Bonchev–Trinajstić information content (AvgIpc) is 2.46. The maximum Gasteiger partial charge on any atom is 0.309 e. The molecule has 1 atom stereocenters. The first kappa shape index (κ1) is 16.8. The fourth-order valence-corrected chi connectivity index (χ4v) is 1.52. The van der Waals surface area contributed by atoms with Gasteiger partial charge < -0.3 is 19.5 Å². The summed E-state index contributed by atoms with van der Waals surface area (Å²) in [6, 6.07) is 4.99. The van der Waals surface area contributed by atoms with Crippen LogP contribution in [-0.2, 0) is 14.3 Å². The Hall–Kier alpha value is -2.24. The first-order valence-electron chi connectivity index (χ1n) is 6.62. The van der Waals surface area contributed by atoms with Crippen LogP contribution in [0.2, 0.25) is 0 Å². The fourth-order valence-electron chi connectivity index (χ4n) is 1.52. The van der Waals surface area contributed by atoms with Crippen molar-refractivity contribution in [3.8, 4) is 11.5 Å². The molecule has 6 nitrogen and oxygen atoms in total. The molecule has 116 valence electrons. The van der Waals surface area contributed by atoms with Gasteiger partial charge in [0.05, 0.1) is 20.1 Å². The minimum Gasteiger partial charge on any atom is -0.493 e. The number of carbonyl (C=O) groups excluding carboxylic acids is 2. The van der Waals surface area contributed by atoms with Crippen molar-refractivity contribution in [2.45, 2.75) is 26.9 Å². The zero-order valence-corrected chi connectivity index (χ0v) is 12.9. The van der Waals surface area contributed by atoms with Gasteiger partial charge in [-0.2, -0.15) is 0 Å². The number of nitrogens with one attached hydrogen (secondary N) is 1. The van der Waals surface area contributed by atoms with Crippen LogP contribution in [0.15, 0.2) is 18.2 Å². The highest BCUT2D eigenvalue weighted by molar-refractivity contribution is 5.95. The lowest BCUT2D eigenvalue weighted by molar-refractivity contribution is -0.156. The second-order valence-electron chi connectivity index (χ2n) is 4.79. The normalized spacial score (nSPS) is 11.7. The molecule has 1 N–H and O–H groups in total. The van der Waals surface area contributed by atoms with Gasteiger partial charge in [-0.25, -0.2) is 0 Å². The number of ether oxygens (including phenoxy) is 3. The molecule has 0 bridgehead atoms. The lowest BCUT2D eigenvalue weighted by Gasteiger charge is -2.15. The summed E-state index contributed by atoms with van der Waals surface area (Å²) in [5.74, 6) is -0.0283. The van der Waals surface area contributed by atoms with Crippen molar-refractivity contribution in [3.05, 3.63) is 18.2 Å². The van der Waals surface area contributed by atoms with E-state index in [1.807, 2.05) is 0 Å². The van der Waals surface area contributed by atoms with Crippen LogP contribution >= 0.6 is 0 Å². The third-order valence-corrected chi connectivity index (χ3v) is 2.78. The molecule has 0 aliphatic rings. The molecular weight excluding hydrogens is 274 g/mol. The zero-order chi connectivity index (χ0) is 16.0. The van der Waals surface area contributed by atoms with Gasteiger partial charge in [0, 0.05) is 11.8 Å². The zero-order valence-electron chi connectivity index (χ0n) is 12.9. The van der Waals surface area contributed by atoms with Gasteiger partial charge in [0.15, 0.2) is 17.6 Å². The monoisotopic (exact) mass is 295 g/mol. The number of benzene rings is 1. The first-order chi connectivity index (χ1) is 9.88. The molecule has 0 saturated carbocycles. The van der Waals surface area contributed by atoms with Gasteiger partial charge in [0.25, 0.3) is 5.91 Å². The van der Waals surface area contributed by atoms with Crippen LogP contribution in [-0.4, -0.2) is 32.2 Å². The van der Waals surface area contributed by atoms with Crippen LogP contribution in [0.25, 0.3) is 0 Å². The molecule has 1 rings (SSSR count). The molecule has 1 aromatic carbocycles. The number of esters is 1. The second kappa shape index (κ2) is 7.52. The van der Waals surface area contributed by atoms with E-state index in [1.54, 1.807) is 32.0 Å². The van der Waals surface area contributed by atoms with Crippen molar-refractivity contribution in [2.75, 3.05) is 19.5 Å². The molecule has 0 aliphatic heterocycles. The van der Waals surface area contributed by atoms with E-state index in [-0.39, 0.29) is 5.92 Å². The summed E-state index contributed by atoms with van der Waals surface area (Å²) in [4.78, 5) is 23.4. The molecule has 0 radical (unpaired) electrons.